The van der Waals surface area contributed by atoms with Crippen LogP contribution in [0.3, 0.4) is 0 Å². The Morgan fingerprint density at radius 1 is 1.26 bits per heavy atom. The van der Waals surface area contributed by atoms with Gasteiger partial charge in [0.15, 0.2) is 0 Å². The van der Waals surface area contributed by atoms with E-state index in [1.165, 1.54) is 0 Å². The van der Waals surface area contributed by atoms with Gasteiger partial charge in [0.2, 0.25) is 17.6 Å². The molecule has 1 unspecified atom stereocenters. The molecule has 3 aliphatic rings. The number of hydrogen-bond donors (Lipinski definition) is 3. The molecule has 128 valence electrons. The summed E-state index contributed by atoms with van der Waals surface area (Å²) >= 11 is 0. The molecule has 0 aromatic carbocycles. The fourth-order valence-corrected chi connectivity index (χ4v) is 3.46. The zero-order valence-corrected chi connectivity index (χ0v) is 12.9. The Bertz CT molecular complexity index is 520. The maximum Gasteiger partial charge on any atom is 0.226 e. The van der Waals surface area contributed by atoms with Gasteiger partial charge in [-0.2, -0.15) is 0 Å². The fourth-order valence-electron chi connectivity index (χ4n) is 3.46. The monoisotopic (exact) mass is 327 g/mol. The summed E-state index contributed by atoms with van der Waals surface area (Å²) in [5, 5.41) is 23.6. The lowest BCUT2D eigenvalue weighted by atomic mass is 9.81. The second-order valence-corrected chi connectivity index (χ2v) is 6.39. The van der Waals surface area contributed by atoms with Gasteiger partial charge in [-0.3, -0.25) is 14.9 Å². The van der Waals surface area contributed by atoms with Crippen LogP contribution in [-0.4, -0.2) is 59.5 Å². The largest absolute Gasteiger partial charge is 0.387 e. The molecule has 3 saturated heterocycles. The third-order valence-corrected chi connectivity index (χ3v) is 4.92. The number of amides is 2. The number of carbonyl (C=O) groups is 2. The lowest BCUT2D eigenvalue weighted by molar-refractivity contribution is -0.338. The van der Waals surface area contributed by atoms with Gasteiger partial charge in [-0.15, -0.1) is 0 Å². The minimum Gasteiger partial charge on any atom is -0.387 e. The summed E-state index contributed by atoms with van der Waals surface area (Å²) in [7, 11) is 0. The Kier molecular flexibility index (Phi) is 4.28. The second kappa shape index (κ2) is 5.95. The van der Waals surface area contributed by atoms with Crippen LogP contribution in [0.2, 0.25) is 0 Å². The molecule has 3 fully saturated rings. The number of piperidine rings is 1. The van der Waals surface area contributed by atoms with E-state index in [1.54, 1.807) is 6.92 Å². The van der Waals surface area contributed by atoms with Crippen molar-refractivity contribution in [2.24, 2.45) is 11.8 Å². The van der Waals surface area contributed by atoms with Crippen molar-refractivity contribution < 1.29 is 34.0 Å². The Hall–Kier alpha value is -1.32. The molecule has 8 heteroatoms. The van der Waals surface area contributed by atoms with E-state index in [0.29, 0.717) is 5.57 Å². The van der Waals surface area contributed by atoms with Gasteiger partial charge in [-0.05, 0) is 5.57 Å². The quantitative estimate of drug-likeness (QED) is 0.443. The number of carbonyl (C=O) groups excluding carboxylic acids is 2. The molecule has 0 radical (unpaired) electrons. The summed E-state index contributed by atoms with van der Waals surface area (Å²) < 4.78 is 16.2. The normalized spacial score (nSPS) is 42.8. The first-order valence-electron chi connectivity index (χ1n) is 7.61. The van der Waals surface area contributed by atoms with Crippen molar-refractivity contribution in [2.45, 2.75) is 43.9 Å². The van der Waals surface area contributed by atoms with Gasteiger partial charge in [0.05, 0.1) is 12.7 Å². The lowest BCUT2D eigenvalue weighted by Crippen LogP contribution is -2.62. The van der Waals surface area contributed by atoms with E-state index in [4.69, 9.17) is 14.2 Å². The number of rotatable bonds is 2. The Morgan fingerprint density at radius 3 is 2.48 bits per heavy atom. The third-order valence-electron chi connectivity index (χ3n) is 4.92. The molecule has 5 atom stereocenters. The second-order valence-electron chi connectivity index (χ2n) is 6.39. The first-order chi connectivity index (χ1) is 10.8. The number of ether oxygens (including phenoxy) is 3. The average Bonchev–Trinajstić information content (AvgIpc) is 2.75. The number of aliphatic hydroxyl groups is 2. The van der Waals surface area contributed by atoms with Crippen LogP contribution in [0.1, 0.15) is 19.8 Å². The van der Waals surface area contributed by atoms with E-state index in [0.717, 1.165) is 0 Å². The van der Waals surface area contributed by atoms with Crippen molar-refractivity contribution in [2.75, 3.05) is 13.4 Å². The number of imide groups is 1. The minimum atomic E-state index is -1.71. The van der Waals surface area contributed by atoms with Gasteiger partial charge in [0.25, 0.3) is 0 Å². The van der Waals surface area contributed by atoms with Crippen molar-refractivity contribution in [3.8, 4) is 0 Å². The molecule has 3 rings (SSSR count). The van der Waals surface area contributed by atoms with Crippen LogP contribution in [0.25, 0.3) is 0 Å². The predicted octanol–water partition coefficient (Wildman–Crippen LogP) is -0.947. The number of nitrogens with one attached hydrogen (secondary N) is 1. The maximum absolute atomic E-state index is 11.5. The van der Waals surface area contributed by atoms with Crippen LogP contribution >= 0.6 is 0 Å². The molecule has 0 bridgehead atoms. The lowest BCUT2D eigenvalue weighted by Gasteiger charge is -2.45. The van der Waals surface area contributed by atoms with E-state index in [-0.39, 0.29) is 26.2 Å². The minimum absolute atomic E-state index is 0.0712. The molecular formula is C15H21NO7. The highest BCUT2D eigenvalue weighted by molar-refractivity contribution is 5.97. The first-order valence-corrected chi connectivity index (χ1v) is 7.61. The van der Waals surface area contributed by atoms with E-state index in [2.05, 4.69) is 11.9 Å². The zero-order chi connectivity index (χ0) is 16.8. The molecule has 0 aromatic rings. The average molecular weight is 327 g/mol. The smallest absolute Gasteiger partial charge is 0.226 e. The highest BCUT2D eigenvalue weighted by Crippen LogP contribution is 2.41. The molecule has 2 amide bonds. The van der Waals surface area contributed by atoms with Crippen molar-refractivity contribution in [1.29, 1.82) is 0 Å². The predicted molar refractivity (Wildman–Crippen MR) is 75.7 cm³/mol. The molecule has 0 aliphatic carbocycles. The van der Waals surface area contributed by atoms with Crippen LogP contribution < -0.4 is 5.32 Å². The molecule has 0 aromatic heterocycles. The third kappa shape index (κ3) is 2.81. The standard InChI is InChI=1S/C15H21NO7/c1-7-5-23-15(20,8(7)2)14-12(19)13(21-6-22-14)9-3-10(17)16-11(18)4-9/h8-9,12-14,19-20H,1,3-6H2,2H3,(H,16,17,18)/t8-,12-,13+,14?,15+/m0/s1. The van der Waals surface area contributed by atoms with E-state index < -0.39 is 47.7 Å². The summed E-state index contributed by atoms with van der Waals surface area (Å²) in [5.74, 6) is -3.40. The van der Waals surface area contributed by atoms with Gasteiger partial charge >= 0.3 is 0 Å². The van der Waals surface area contributed by atoms with Crippen LogP contribution in [0.4, 0.5) is 0 Å². The summed E-state index contributed by atoms with van der Waals surface area (Å²) in [4.78, 5) is 23.1. The van der Waals surface area contributed by atoms with Gasteiger partial charge in [-0.25, -0.2) is 0 Å². The van der Waals surface area contributed by atoms with Gasteiger partial charge in [0.1, 0.15) is 19.0 Å². The van der Waals surface area contributed by atoms with Crippen molar-refractivity contribution in [1.82, 2.24) is 5.32 Å². The van der Waals surface area contributed by atoms with Gasteiger partial charge < -0.3 is 24.4 Å². The number of hydrogen-bond acceptors (Lipinski definition) is 7. The van der Waals surface area contributed by atoms with Gasteiger partial charge in [0, 0.05) is 24.7 Å². The maximum atomic E-state index is 11.5. The Balaban J connectivity index is 1.78. The zero-order valence-electron chi connectivity index (χ0n) is 12.9. The summed E-state index contributed by atoms with van der Waals surface area (Å²) in [5.41, 5.74) is 0.707. The summed E-state index contributed by atoms with van der Waals surface area (Å²) in [6.45, 7) is 5.59. The Labute approximate surface area is 133 Å². The Morgan fingerprint density at radius 2 is 1.91 bits per heavy atom. The van der Waals surface area contributed by atoms with E-state index in [1.807, 2.05) is 0 Å². The van der Waals surface area contributed by atoms with Crippen LogP contribution in [0.15, 0.2) is 12.2 Å². The molecular weight excluding hydrogens is 306 g/mol. The van der Waals surface area contributed by atoms with Crippen molar-refractivity contribution in [3.63, 3.8) is 0 Å². The highest BCUT2D eigenvalue weighted by Gasteiger charge is 2.56. The summed E-state index contributed by atoms with van der Waals surface area (Å²) in [6, 6.07) is 0. The van der Waals surface area contributed by atoms with Crippen LogP contribution in [0.5, 0.6) is 0 Å². The van der Waals surface area contributed by atoms with Crippen molar-refractivity contribution >= 4 is 11.8 Å². The molecule has 23 heavy (non-hydrogen) atoms. The molecule has 0 spiro atoms. The van der Waals surface area contributed by atoms with E-state index in [9.17, 15) is 19.8 Å². The van der Waals surface area contributed by atoms with Gasteiger partial charge in [-0.1, -0.05) is 13.5 Å². The SMILES string of the molecule is C=C1CO[C@@](O)(C2OCO[C@H](C3CC(=O)NC(=O)C3)[C@@H]2O)[C@H]1C. The molecule has 0 saturated carbocycles. The molecule has 3 aliphatic heterocycles. The summed E-state index contributed by atoms with van der Waals surface area (Å²) in [6.07, 6.45) is -2.93. The number of aliphatic hydroxyl groups excluding tert-OH is 1. The molecule has 3 heterocycles. The van der Waals surface area contributed by atoms with Crippen LogP contribution in [-0.2, 0) is 23.8 Å². The van der Waals surface area contributed by atoms with Crippen LogP contribution in [0, 0.1) is 11.8 Å². The molecule has 3 N–H and O–H groups in total. The highest BCUT2D eigenvalue weighted by atomic mass is 16.7. The topological polar surface area (TPSA) is 114 Å². The van der Waals surface area contributed by atoms with E-state index >= 15 is 0 Å². The van der Waals surface area contributed by atoms with Crippen molar-refractivity contribution in [3.05, 3.63) is 12.2 Å². The fraction of sp³-hybridized carbons (Fsp3) is 0.733. The first kappa shape index (κ1) is 16.5. The molecule has 8 nitrogen and oxygen atoms in total.